The lowest BCUT2D eigenvalue weighted by molar-refractivity contribution is -0.113. The first-order chi connectivity index (χ1) is 12.5. The number of ether oxygens (including phenoxy) is 2. The lowest BCUT2D eigenvalue weighted by Crippen LogP contribution is -2.19. The summed E-state index contributed by atoms with van der Waals surface area (Å²) in [7, 11) is 0. The number of thioether (sulfide) groups is 1. The summed E-state index contributed by atoms with van der Waals surface area (Å²) in [6, 6.07) is 3.13. The van der Waals surface area contributed by atoms with Gasteiger partial charge >= 0.3 is 5.69 Å². The predicted octanol–water partition coefficient (Wildman–Crippen LogP) is 1.64. The molecule has 0 unspecified atom stereocenters. The maximum Gasteiger partial charge on any atom is 0.343 e. The molecule has 0 saturated heterocycles. The number of anilines is 1. The van der Waals surface area contributed by atoms with Crippen molar-refractivity contribution in [2.45, 2.75) is 32.0 Å². The number of carbonyl (C=O) groups is 2. The zero-order chi connectivity index (χ0) is 18.7. The van der Waals surface area contributed by atoms with Gasteiger partial charge in [-0.2, -0.15) is 0 Å². The summed E-state index contributed by atoms with van der Waals surface area (Å²) in [6.07, 6.45) is 0.776. The van der Waals surface area contributed by atoms with E-state index in [0.717, 1.165) is 18.2 Å². The molecule has 0 saturated carbocycles. The van der Waals surface area contributed by atoms with Gasteiger partial charge in [-0.15, -0.1) is 5.10 Å². The molecule has 26 heavy (non-hydrogen) atoms. The van der Waals surface area contributed by atoms with Crippen molar-refractivity contribution < 1.29 is 19.1 Å². The molecular formula is C16H18N4O5S. The van der Waals surface area contributed by atoms with E-state index >= 15 is 0 Å². The van der Waals surface area contributed by atoms with Gasteiger partial charge in [0.25, 0.3) is 0 Å². The van der Waals surface area contributed by atoms with Crippen molar-refractivity contribution >= 4 is 29.1 Å². The summed E-state index contributed by atoms with van der Waals surface area (Å²) in [6.45, 7) is 3.96. The lowest BCUT2D eigenvalue weighted by Gasteiger charge is -2.10. The van der Waals surface area contributed by atoms with Crippen LogP contribution in [0.1, 0.15) is 30.6 Å². The highest BCUT2D eigenvalue weighted by Crippen LogP contribution is 2.37. The van der Waals surface area contributed by atoms with E-state index in [2.05, 4.69) is 15.5 Å². The van der Waals surface area contributed by atoms with Gasteiger partial charge in [0.05, 0.1) is 11.4 Å². The Hall–Kier alpha value is -2.75. The van der Waals surface area contributed by atoms with Crippen molar-refractivity contribution in [2.24, 2.45) is 0 Å². The van der Waals surface area contributed by atoms with E-state index < -0.39 is 0 Å². The summed E-state index contributed by atoms with van der Waals surface area (Å²) in [5.41, 5.74) is 0.403. The van der Waals surface area contributed by atoms with Crippen molar-refractivity contribution in [3.63, 3.8) is 0 Å². The predicted molar refractivity (Wildman–Crippen MR) is 95.1 cm³/mol. The Kier molecular flexibility index (Phi) is 5.31. The van der Waals surface area contributed by atoms with Crippen molar-refractivity contribution in [1.82, 2.24) is 14.8 Å². The van der Waals surface area contributed by atoms with Crippen molar-refractivity contribution in [2.75, 3.05) is 17.9 Å². The Labute approximate surface area is 153 Å². The van der Waals surface area contributed by atoms with E-state index in [1.165, 1.54) is 11.5 Å². The van der Waals surface area contributed by atoms with Gasteiger partial charge in [0.15, 0.2) is 22.4 Å². The normalized spacial score (nSPS) is 12.2. The maximum absolute atomic E-state index is 12.3. The molecule has 0 atom stereocenters. The number of Topliss-reactive ketones (excluding diaryl/α,β-unsaturated/α-hetero) is 1. The van der Waals surface area contributed by atoms with E-state index in [4.69, 9.17) is 9.47 Å². The standard InChI is InChI=1S/C16H18N4O5S/c1-3-4-20-15(23)18-19-16(20)26-7-14(22)17-11-6-13-12(24-8-25-13)5-10(11)9(2)21/h5-6H,3-4,7-8H2,1-2H3,(H,17,22)(H,18,23). The van der Waals surface area contributed by atoms with Gasteiger partial charge in [0.2, 0.25) is 12.7 Å². The smallest absolute Gasteiger partial charge is 0.343 e. The maximum atomic E-state index is 12.3. The minimum Gasteiger partial charge on any atom is -0.454 e. The van der Waals surface area contributed by atoms with E-state index in [9.17, 15) is 14.4 Å². The molecule has 0 bridgehead atoms. The molecule has 1 amide bonds. The number of hydrogen-bond acceptors (Lipinski definition) is 7. The van der Waals surface area contributed by atoms with E-state index in [1.54, 1.807) is 12.1 Å². The van der Waals surface area contributed by atoms with Crippen molar-refractivity contribution in [3.05, 3.63) is 28.2 Å². The average molecular weight is 378 g/mol. The van der Waals surface area contributed by atoms with Gasteiger partial charge in [0, 0.05) is 18.2 Å². The topological polar surface area (TPSA) is 115 Å². The third-order valence-electron chi connectivity index (χ3n) is 3.67. The Bertz CT molecular complexity index is 905. The number of hydrogen-bond donors (Lipinski definition) is 2. The zero-order valence-electron chi connectivity index (χ0n) is 14.3. The molecule has 1 aliphatic heterocycles. The summed E-state index contributed by atoms with van der Waals surface area (Å²) >= 11 is 1.14. The molecule has 2 N–H and O–H groups in total. The number of carbonyl (C=O) groups excluding carboxylic acids is 2. The molecule has 1 aromatic carbocycles. The van der Waals surface area contributed by atoms with Crippen LogP contribution in [0.5, 0.6) is 11.5 Å². The Morgan fingerprint density at radius 2 is 2.08 bits per heavy atom. The third kappa shape index (κ3) is 3.74. The summed E-state index contributed by atoms with van der Waals surface area (Å²) in [4.78, 5) is 35.8. The zero-order valence-corrected chi connectivity index (χ0v) is 15.1. The molecular weight excluding hydrogens is 360 g/mol. The molecule has 138 valence electrons. The first-order valence-corrected chi connectivity index (χ1v) is 9.00. The number of fused-ring (bicyclic) bond motifs is 1. The number of rotatable bonds is 7. The fourth-order valence-corrected chi connectivity index (χ4v) is 3.26. The quantitative estimate of drug-likeness (QED) is 0.556. The monoisotopic (exact) mass is 378 g/mol. The fourth-order valence-electron chi connectivity index (χ4n) is 2.49. The minimum absolute atomic E-state index is 0.0415. The van der Waals surface area contributed by atoms with Crippen LogP contribution < -0.4 is 20.5 Å². The van der Waals surface area contributed by atoms with Gasteiger partial charge in [-0.25, -0.2) is 9.89 Å². The van der Waals surface area contributed by atoms with Crippen LogP contribution in [0, 0.1) is 0 Å². The van der Waals surface area contributed by atoms with Crippen LogP contribution in [-0.2, 0) is 11.3 Å². The van der Waals surface area contributed by atoms with Crippen LogP contribution in [-0.4, -0.2) is 39.0 Å². The van der Waals surface area contributed by atoms with E-state index in [-0.39, 0.29) is 29.9 Å². The molecule has 1 aromatic heterocycles. The number of ketones is 1. The number of nitrogens with zero attached hydrogens (tertiary/aromatic N) is 2. The van der Waals surface area contributed by atoms with Gasteiger partial charge < -0.3 is 14.8 Å². The molecule has 2 aromatic rings. The number of aromatic nitrogens is 3. The first kappa shape index (κ1) is 18.1. The van der Waals surface area contributed by atoms with E-state index in [1.807, 2.05) is 6.92 Å². The Balaban J connectivity index is 1.71. The van der Waals surface area contributed by atoms with Gasteiger partial charge in [-0.3, -0.25) is 14.2 Å². The summed E-state index contributed by atoms with van der Waals surface area (Å²) < 4.78 is 12.0. The highest BCUT2D eigenvalue weighted by molar-refractivity contribution is 7.99. The van der Waals surface area contributed by atoms with Crippen LogP contribution >= 0.6 is 11.8 Å². The second-order valence-electron chi connectivity index (χ2n) is 5.61. The van der Waals surface area contributed by atoms with Crippen molar-refractivity contribution in [3.8, 4) is 11.5 Å². The van der Waals surface area contributed by atoms with Gasteiger partial charge in [-0.05, 0) is 19.4 Å². The molecule has 0 radical (unpaired) electrons. The SMILES string of the molecule is CCCn1c(SCC(=O)Nc2cc3c(cc2C(C)=O)OCO3)n[nH]c1=O. The van der Waals surface area contributed by atoms with Crippen LogP contribution in [0.4, 0.5) is 5.69 Å². The highest BCUT2D eigenvalue weighted by atomic mass is 32.2. The molecule has 0 spiro atoms. The number of nitrogens with one attached hydrogen (secondary N) is 2. The largest absolute Gasteiger partial charge is 0.454 e. The molecule has 2 heterocycles. The number of benzene rings is 1. The molecule has 10 heteroatoms. The Morgan fingerprint density at radius 3 is 2.77 bits per heavy atom. The molecule has 1 aliphatic rings. The van der Waals surface area contributed by atoms with Crippen LogP contribution in [0.3, 0.4) is 0 Å². The van der Waals surface area contributed by atoms with Crippen LogP contribution in [0.2, 0.25) is 0 Å². The number of amides is 1. The molecule has 0 fully saturated rings. The second-order valence-corrected chi connectivity index (χ2v) is 6.55. The summed E-state index contributed by atoms with van der Waals surface area (Å²) in [5, 5.41) is 9.46. The van der Waals surface area contributed by atoms with Crippen molar-refractivity contribution in [1.29, 1.82) is 0 Å². The van der Waals surface area contributed by atoms with E-state index in [0.29, 0.717) is 34.5 Å². The highest BCUT2D eigenvalue weighted by Gasteiger charge is 2.20. The minimum atomic E-state index is -0.324. The second kappa shape index (κ2) is 7.65. The molecule has 0 aliphatic carbocycles. The molecule has 9 nitrogen and oxygen atoms in total. The summed E-state index contributed by atoms with van der Waals surface area (Å²) in [5.74, 6) is 0.467. The third-order valence-corrected chi connectivity index (χ3v) is 4.65. The van der Waals surface area contributed by atoms with Gasteiger partial charge in [-0.1, -0.05) is 18.7 Å². The number of aromatic amines is 1. The van der Waals surface area contributed by atoms with Crippen LogP contribution in [0.15, 0.2) is 22.1 Å². The van der Waals surface area contributed by atoms with Gasteiger partial charge in [0.1, 0.15) is 0 Å². The Morgan fingerprint density at radius 1 is 1.35 bits per heavy atom. The lowest BCUT2D eigenvalue weighted by atomic mass is 10.1. The fraction of sp³-hybridized carbons (Fsp3) is 0.375. The molecule has 3 rings (SSSR count). The first-order valence-electron chi connectivity index (χ1n) is 8.02. The van der Waals surface area contributed by atoms with Crippen LogP contribution in [0.25, 0.3) is 0 Å². The number of H-pyrrole nitrogens is 1. The average Bonchev–Trinajstić information content (AvgIpc) is 3.19.